The molecule has 0 radical (unpaired) electrons. The van der Waals surface area contributed by atoms with E-state index in [2.05, 4.69) is 28.9 Å². The summed E-state index contributed by atoms with van der Waals surface area (Å²) in [5.41, 5.74) is 0. The minimum absolute atomic E-state index is 0. The smallest absolute Gasteiger partial charge is 0.412 e. The molecule has 0 unspecified atom stereocenters. The van der Waals surface area contributed by atoms with E-state index in [0.29, 0.717) is 0 Å². The third kappa shape index (κ3) is 7.06. The Morgan fingerprint density at radius 1 is 1.30 bits per heavy atom. The van der Waals surface area contributed by atoms with Crippen LogP contribution in [0.3, 0.4) is 0 Å². The monoisotopic (exact) mass is 308 g/mol. The predicted octanol–water partition coefficient (Wildman–Crippen LogP) is -0.819. The summed E-state index contributed by atoms with van der Waals surface area (Å²) in [4.78, 5) is 0. The van der Waals surface area contributed by atoms with Crippen LogP contribution < -0.4 is 0 Å². The number of hydrogen-bond donors (Lipinski definition) is 0. The van der Waals surface area contributed by atoms with E-state index >= 15 is 0 Å². The first-order valence-corrected chi connectivity index (χ1v) is 15.4. The Morgan fingerprint density at radius 3 is 1.60 bits per heavy atom. The molecule has 6 heteroatoms. The molecule has 0 saturated heterocycles. The average Bonchev–Trinajstić information content (AvgIpc) is 1.87. The zero-order chi connectivity index (χ0) is 6.62. The van der Waals surface area contributed by atoms with E-state index in [1.54, 1.807) is 0 Å². The van der Waals surface area contributed by atoms with Gasteiger partial charge in [-0.05, 0) is 0 Å². The van der Waals surface area contributed by atoms with Gasteiger partial charge in [-0.2, -0.15) is 0 Å². The van der Waals surface area contributed by atoms with Crippen LogP contribution in [0.25, 0.3) is 0 Å². The van der Waals surface area contributed by atoms with Crippen molar-refractivity contribution in [3.05, 3.63) is 0 Å². The van der Waals surface area contributed by atoms with Crippen molar-refractivity contribution >= 4 is 54.7 Å². The molecular weight excluding hydrogens is 292 g/mol. The average molecular weight is 306 g/mol. The molecule has 0 aliphatic carbocycles. The van der Waals surface area contributed by atoms with Crippen molar-refractivity contribution in [1.29, 1.82) is 0 Å². The number of hydrogen-bond acceptors (Lipinski definition) is 0. The van der Waals surface area contributed by atoms with Crippen molar-refractivity contribution in [2.45, 2.75) is 13.8 Å². The normalized spacial score (nSPS) is 9.60. The van der Waals surface area contributed by atoms with E-state index in [0.717, 1.165) is 10.1 Å². The standard InChI is InChI=1S/C4H11PSe2.Na.2H2O/c1-3-5(6,7)4-2;;;/h3-4H2,1-2H3,(H,6,7);;2*1H2/q;+1;;/p-1. The molecule has 0 bridgehead atoms. The zero-order valence-electron chi connectivity index (χ0n) is 6.68. The maximum absolute atomic E-state index is 3.41. The molecule has 0 saturated carbocycles. The largest absolute Gasteiger partial charge is 0.412 e. The van der Waals surface area contributed by atoms with Gasteiger partial charge in [0.2, 0.25) is 0 Å². The Kier molecular flexibility index (Phi) is 17.3. The summed E-state index contributed by atoms with van der Waals surface area (Å²) in [5.74, 6) is 0. The molecule has 2 nitrogen and oxygen atoms in total. The fourth-order valence-corrected chi connectivity index (χ4v) is 12.7. The first kappa shape index (κ1) is 18.2. The molecule has 0 rings (SSSR count). The van der Waals surface area contributed by atoms with Crippen LogP contribution in [-0.2, 0) is 0 Å². The van der Waals surface area contributed by atoms with Crippen LogP contribution in [0.4, 0.5) is 0 Å². The minimum atomic E-state index is -0.413. The van der Waals surface area contributed by atoms with Crippen molar-refractivity contribution in [2.75, 3.05) is 12.3 Å². The van der Waals surface area contributed by atoms with Gasteiger partial charge in [0.25, 0.3) is 0 Å². The molecule has 4 N–H and O–H groups in total. The molecule has 10 heavy (non-hydrogen) atoms. The van der Waals surface area contributed by atoms with Crippen molar-refractivity contribution in [3.8, 4) is 0 Å². The molecule has 0 atom stereocenters. The Balaban J connectivity index is -0.000000245. The van der Waals surface area contributed by atoms with Crippen LogP contribution >= 0.6 is 4.20 Å². The van der Waals surface area contributed by atoms with Gasteiger partial charge in [-0.15, -0.1) is 0 Å². The van der Waals surface area contributed by atoms with Gasteiger partial charge in [0.05, 0.1) is 0 Å². The summed E-state index contributed by atoms with van der Waals surface area (Å²) in [6.07, 6.45) is 2.88. The second-order valence-electron chi connectivity index (χ2n) is 1.63. The van der Waals surface area contributed by atoms with Crippen molar-refractivity contribution in [3.63, 3.8) is 0 Å². The SMILES string of the molecule is CCP(=[Se])(CC)[Se][Na].O.O. The first-order valence-electron chi connectivity index (χ1n) is 2.82. The van der Waals surface area contributed by atoms with Crippen LogP contribution in [0, 0.1) is 0 Å². The molecule has 0 aromatic carbocycles. The van der Waals surface area contributed by atoms with Gasteiger partial charge < -0.3 is 11.0 Å². The summed E-state index contributed by atoms with van der Waals surface area (Å²) in [5, 5.41) is 0. The minimum Gasteiger partial charge on any atom is -0.412 e. The van der Waals surface area contributed by atoms with Crippen LogP contribution in [-0.4, -0.2) is 73.8 Å². The van der Waals surface area contributed by atoms with Crippen molar-refractivity contribution in [1.82, 2.24) is 0 Å². The van der Waals surface area contributed by atoms with Gasteiger partial charge >= 0.3 is 80.9 Å². The molecule has 0 amide bonds. The van der Waals surface area contributed by atoms with Crippen LogP contribution in [0.1, 0.15) is 13.8 Å². The Morgan fingerprint density at radius 2 is 1.60 bits per heavy atom. The van der Waals surface area contributed by atoms with Gasteiger partial charge in [0.15, 0.2) is 0 Å². The fourth-order valence-electron chi connectivity index (χ4n) is 0.482. The Hall–Kier alpha value is 2.39. The molecule has 0 aliphatic heterocycles. The summed E-state index contributed by atoms with van der Waals surface area (Å²) in [7, 11) is 1.02. The van der Waals surface area contributed by atoms with E-state index in [1.807, 2.05) is 0 Å². The second-order valence-corrected chi connectivity index (χ2v) is 25.2. The maximum atomic E-state index is 3.41. The van der Waals surface area contributed by atoms with Crippen LogP contribution in [0.5, 0.6) is 0 Å². The third-order valence-corrected chi connectivity index (χ3v) is 39.6. The second kappa shape index (κ2) is 9.48. The molecule has 60 valence electrons. The molecular formula is C4H14NaO2PSe2. The van der Waals surface area contributed by atoms with E-state index < -0.39 is 4.20 Å². The van der Waals surface area contributed by atoms with Crippen LogP contribution in [0.2, 0.25) is 0 Å². The molecule has 0 spiro atoms. The predicted molar refractivity (Wildman–Crippen MR) is 52.5 cm³/mol. The van der Waals surface area contributed by atoms with Gasteiger partial charge in [-0.25, -0.2) is 0 Å². The van der Waals surface area contributed by atoms with E-state index in [-0.39, 0.29) is 11.0 Å². The van der Waals surface area contributed by atoms with Crippen LogP contribution in [0.15, 0.2) is 0 Å². The van der Waals surface area contributed by atoms with Crippen molar-refractivity contribution < 1.29 is 11.0 Å². The molecule has 0 heterocycles. The quantitative estimate of drug-likeness (QED) is 0.483. The molecule has 0 fully saturated rings. The van der Waals surface area contributed by atoms with E-state index in [1.165, 1.54) is 37.7 Å². The Labute approximate surface area is 90.8 Å². The topological polar surface area (TPSA) is 63.0 Å². The maximum Gasteiger partial charge on any atom is -0.412 e. The molecule has 0 aliphatic rings. The summed E-state index contributed by atoms with van der Waals surface area (Å²) in [6.45, 7) is 4.65. The van der Waals surface area contributed by atoms with Crippen molar-refractivity contribution in [2.24, 2.45) is 0 Å². The fraction of sp³-hybridized carbons (Fsp3) is 1.00. The Bertz CT molecular complexity index is 92.4. The van der Waals surface area contributed by atoms with Gasteiger partial charge in [-0.3, -0.25) is 0 Å². The third-order valence-electron chi connectivity index (χ3n) is 1.30. The first-order chi connectivity index (χ1) is 3.68. The molecule has 0 aromatic heterocycles. The van der Waals surface area contributed by atoms with E-state index in [4.69, 9.17) is 0 Å². The van der Waals surface area contributed by atoms with Gasteiger partial charge in [-0.1, -0.05) is 0 Å². The summed E-state index contributed by atoms with van der Waals surface area (Å²) in [6, 6.07) is 0. The summed E-state index contributed by atoms with van der Waals surface area (Å²) < 4.78 is -0.413. The van der Waals surface area contributed by atoms with Gasteiger partial charge in [0, 0.05) is 0 Å². The van der Waals surface area contributed by atoms with E-state index in [9.17, 15) is 0 Å². The number of rotatable bonds is 3. The zero-order valence-corrected chi connectivity index (χ0v) is 13.0. The van der Waals surface area contributed by atoms with Gasteiger partial charge in [0.1, 0.15) is 0 Å². The summed E-state index contributed by atoms with van der Waals surface area (Å²) >= 11 is 4.86. The molecule has 0 aromatic rings.